The van der Waals surface area contributed by atoms with Crippen LogP contribution in [0.15, 0.2) is 47.4 Å². The van der Waals surface area contributed by atoms with E-state index in [-0.39, 0.29) is 5.56 Å². The number of rotatable bonds is 3. The van der Waals surface area contributed by atoms with Crippen molar-refractivity contribution in [3.05, 3.63) is 64.4 Å². The monoisotopic (exact) mass is 277 g/mol. The molecule has 0 saturated carbocycles. The second-order valence-corrected chi connectivity index (χ2v) is 5.15. The maximum atomic E-state index is 13.4. The lowest BCUT2D eigenvalue weighted by Crippen LogP contribution is -1.85. The van der Waals surface area contributed by atoms with Crippen molar-refractivity contribution < 1.29 is 4.39 Å². The Morgan fingerprint density at radius 2 is 1.89 bits per heavy atom. The normalized spacial score (nSPS) is 10.1. The summed E-state index contributed by atoms with van der Waals surface area (Å²) in [4.78, 5) is 0.807. The predicted molar refractivity (Wildman–Crippen MR) is 72.1 cm³/mol. The predicted octanol–water partition coefficient (Wildman–Crippen LogP) is 4.64. The van der Waals surface area contributed by atoms with Crippen LogP contribution in [0.4, 0.5) is 4.39 Å². The van der Waals surface area contributed by atoms with E-state index in [2.05, 4.69) is 0 Å². The SMILES string of the molecule is N#Cc1ccc(SCc2ccc(Cl)cc2)cc1F. The van der Waals surface area contributed by atoms with E-state index < -0.39 is 5.82 Å². The molecule has 0 aliphatic heterocycles. The fraction of sp³-hybridized carbons (Fsp3) is 0.0714. The van der Waals surface area contributed by atoms with Gasteiger partial charge in [-0.3, -0.25) is 0 Å². The van der Waals surface area contributed by atoms with Gasteiger partial charge in [0.2, 0.25) is 0 Å². The molecule has 2 aromatic carbocycles. The summed E-state index contributed by atoms with van der Waals surface area (Å²) in [6.45, 7) is 0. The van der Waals surface area contributed by atoms with Gasteiger partial charge in [0.25, 0.3) is 0 Å². The van der Waals surface area contributed by atoms with Crippen molar-refractivity contribution in [2.75, 3.05) is 0 Å². The number of hydrogen-bond acceptors (Lipinski definition) is 2. The number of nitrogens with zero attached hydrogens (tertiary/aromatic N) is 1. The van der Waals surface area contributed by atoms with Crippen LogP contribution in [0.5, 0.6) is 0 Å². The molecule has 0 aliphatic carbocycles. The zero-order valence-electron chi connectivity index (χ0n) is 9.36. The Labute approximate surface area is 114 Å². The molecule has 0 atom stereocenters. The molecular weight excluding hydrogens is 269 g/mol. The summed E-state index contributed by atoms with van der Waals surface area (Å²) in [5.74, 6) is 0.265. The number of thioether (sulfide) groups is 1. The Morgan fingerprint density at radius 1 is 1.17 bits per heavy atom. The van der Waals surface area contributed by atoms with Gasteiger partial charge in [0, 0.05) is 15.7 Å². The maximum absolute atomic E-state index is 13.4. The lowest BCUT2D eigenvalue weighted by molar-refractivity contribution is 0.620. The highest BCUT2D eigenvalue weighted by atomic mass is 35.5. The molecule has 0 radical (unpaired) electrons. The van der Waals surface area contributed by atoms with Crippen LogP contribution in [-0.2, 0) is 5.75 Å². The molecule has 0 amide bonds. The van der Waals surface area contributed by atoms with Gasteiger partial charge in [-0.2, -0.15) is 5.26 Å². The summed E-state index contributed by atoms with van der Waals surface area (Å²) >= 11 is 7.32. The van der Waals surface area contributed by atoms with E-state index in [1.807, 2.05) is 24.3 Å². The number of hydrogen-bond donors (Lipinski definition) is 0. The molecule has 0 spiro atoms. The van der Waals surface area contributed by atoms with Crippen LogP contribution in [0.3, 0.4) is 0 Å². The second-order valence-electron chi connectivity index (χ2n) is 3.67. The zero-order valence-corrected chi connectivity index (χ0v) is 10.9. The van der Waals surface area contributed by atoms with Crippen molar-refractivity contribution in [2.24, 2.45) is 0 Å². The summed E-state index contributed by atoms with van der Waals surface area (Å²) < 4.78 is 13.4. The van der Waals surface area contributed by atoms with Crippen molar-refractivity contribution in [2.45, 2.75) is 10.6 Å². The summed E-state index contributed by atoms with van der Waals surface area (Å²) in [5, 5.41) is 9.34. The summed E-state index contributed by atoms with van der Waals surface area (Å²) in [5.41, 5.74) is 1.19. The minimum Gasteiger partial charge on any atom is -0.206 e. The Kier molecular flexibility index (Phi) is 4.24. The summed E-state index contributed by atoms with van der Waals surface area (Å²) in [7, 11) is 0. The highest BCUT2D eigenvalue weighted by molar-refractivity contribution is 7.98. The highest BCUT2D eigenvalue weighted by Gasteiger charge is 2.03. The van der Waals surface area contributed by atoms with E-state index in [0.29, 0.717) is 5.02 Å². The average Bonchev–Trinajstić information content (AvgIpc) is 2.38. The summed E-state index contributed by atoms with van der Waals surface area (Å²) in [6, 6.07) is 14.0. The lowest BCUT2D eigenvalue weighted by atomic mass is 10.2. The Morgan fingerprint density at radius 3 is 2.50 bits per heavy atom. The van der Waals surface area contributed by atoms with E-state index in [9.17, 15) is 4.39 Å². The standard InChI is InChI=1S/C14H9ClFNS/c15-12-4-1-10(2-5-12)9-18-13-6-3-11(8-17)14(16)7-13/h1-7H,9H2. The van der Waals surface area contributed by atoms with Gasteiger partial charge >= 0.3 is 0 Å². The Bertz CT molecular complexity index is 590. The zero-order chi connectivity index (χ0) is 13.0. The molecular formula is C14H9ClFNS. The molecule has 0 saturated heterocycles. The molecule has 0 bridgehead atoms. The first kappa shape index (κ1) is 12.9. The van der Waals surface area contributed by atoms with Crippen molar-refractivity contribution in [1.29, 1.82) is 5.26 Å². The number of benzene rings is 2. The molecule has 0 aromatic heterocycles. The van der Waals surface area contributed by atoms with Crippen LogP contribution in [-0.4, -0.2) is 0 Å². The van der Waals surface area contributed by atoms with Gasteiger partial charge in [0.1, 0.15) is 11.9 Å². The minimum absolute atomic E-state index is 0.0749. The first-order chi connectivity index (χ1) is 8.69. The van der Waals surface area contributed by atoms with Crippen molar-refractivity contribution >= 4 is 23.4 Å². The van der Waals surface area contributed by atoms with Gasteiger partial charge in [-0.05, 0) is 35.9 Å². The minimum atomic E-state index is -0.474. The third kappa shape index (κ3) is 3.25. The molecule has 0 heterocycles. The van der Waals surface area contributed by atoms with Crippen LogP contribution in [0.25, 0.3) is 0 Å². The van der Waals surface area contributed by atoms with E-state index in [4.69, 9.17) is 16.9 Å². The molecule has 0 N–H and O–H groups in total. The van der Waals surface area contributed by atoms with Crippen molar-refractivity contribution in [3.63, 3.8) is 0 Å². The quantitative estimate of drug-likeness (QED) is 0.763. The van der Waals surface area contributed by atoms with Gasteiger partial charge in [0.05, 0.1) is 5.56 Å². The third-order valence-electron chi connectivity index (χ3n) is 2.38. The van der Waals surface area contributed by atoms with Crippen LogP contribution < -0.4 is 0 Å². The fourth-order valence-electron chi connectivity index (χ4n) is 1.42. The molecule has 90 valence electrons. The van der Waals surface area contributed by atoms with Crippen LogP contribution in [0.2, 0.25) is 5.02 Å². The third-order valence-corrected chi connectivity index (χ3v) is 3.70. The molecule has 2 rings (SSSR count). The average molecular weight is 278 g/mol. The van der Waals surface area contributed by atoms with Gasteiger partial charge in [-0.1, -0.05) is 23.7 Å². The van der Waals surface area contributed by atoms with Gasteiger partial charge in [-0.25, -0.2) is 4.39 Å². The van der Waals surface area contributed by atoms with Crippen LogP contribution in [0.1, 0.15) is 11.1 Å². The van der Waals surface area contributed by atoms with Crippen molar-refractivity contribution in [1.82, 2.24) is 0 Å². The van der Waals surface area contributed by atoms with Gasteiger partial charge in [0.15, 0.2) is 0 Å². The molecule has 18 heavy (non-hydrogen) atoms. The molecule has 0 unspecified atom stereocenters. The van der Waals surface area contributed by atoms with E-state index in [0.717, 1.165) is 16.2 Å². The molecule has 0 aliphatic rings. The topological polar surface area (TPSA) is 23.8 Å². The Hall–Kier alpha value is -1.50. The largest absolute Gasteiger partial charge is 0.206 e. The Balaban J connectivity index is 2.04. The molecule has 0 fully saturated rings. The van der Waals surface area contributed by atoms with Gasteiger partial charge in [-0.15, -0.1) is 11.8 Å². The lowest BCUT2D eigenvalue weighted by Gasteiger charge is -2.03. The maximum Gasteiger partial charge on any atom is 0.142 e. The van der Waals surface area contributed by atoms with Crippen molar-refractivity contribution in [3.8, 4) is 6.07 Å². The first-order valence-electron chi connectivity index (χ1n) is 5.26. The van der Waals surface area contributed by atoms with E-state index in [1.54, 1.807) is 12.1 Å². The molecule has 2 aromatic rings. The second kappa shape index (κ2) is 5.90. The van der Waals surface area contributed by atoms with Crippen LogP contribution in [0, 0.1) is 17.1 Å². The van der Waals surface area contributed by atoms with E-state index in [1.165, 1.54) is 23.9 Å². The van der Waals surface area contributed by atoms with Gasteiger partial charge < -0.3 is 0 Å². The van der Waals surface area contributed by atoms with E-state index >= 15 is 0 Å². The fourth-order valence-corrected chi connectivity index (χ4v) is 2.43. The summed E-state index contributed by atoms with van der Waals surface area (Å²) in [6.07, 6.45) is 0. The number of halogens is 2. The highest BCUT2D eigenvalue weighted by Crippen LogP contribution is 2.25. The smallest absolute Gasteiger partial charge is 0.142 e. The first-order valence-corrected chi connectivity index (χ1v) is 6.62. The van der Waals surface area contributed by atoms with Crippen LogP contribution >= 0.6 is 23.4 Å². The molecule has 4 heteroatoms. The molecule has 1 nitrogen and oxygen atoms in total. The number of nitriles is 1.